The summed E-state index contributed by atoms with van der Waals surface area (Å²) in [4.78, 5) is 4.73. The number of aromatic nitrogens is 1. The van der Waals surface area contributed by atoms with Gasteiger partial charge in [-0.05, 0) is 34.9 Å². The molecule has 0 aliphatic rings. The standard InChI is InChI=1S/C18H19NOS/c1-3-5-15-12-21-18(19-15)10-14-7-4-6-13-8-9-16(20-2)11-17(13)14/h4,6-9,11-12H,3,5,10H2,1-2H3. The Morgan fingerprint density at radius 1 is 1.19 bits per heavy atom. The first kappa shape index (κ1) is 14.1. The van der Waals surface area contributed by atoms with Gasteiger partial charge in [0.2, 0.25) is 0 Å². The molecule has 0 aliphatic heterocycles. The molecule has 0 spiro atoms. The van der Waals surface area contributed by atoms with Gasteiger partial charge in [-0.15, -0.1) is 11.3 Å². The fourth-order valence-electron chi connectivity index (χ4n) is 2.56. The van der Waals surface area contributed by atoms with Crippen molar-refractivity contribution < 1.29 is 4.74 Å². The third kappa shape index (κ3) is 3.08. The average molecular weight is 297 g/mol. The Kier molecular flexibility index (Phi) is 4.20. The smallest absolute Gasteiger partial charge is 0.119 e. The summed E-state index contributed by atoms with van der Waals surface area (Å²) in [5.41, 5.74) is 2.53. The highest BCUT2D eigenvalue weighted by molar-refractivity contribution is 7.09. The highest BCUT2D eigenvalue weighted by Crippen LogP contribution is 2.26. The summed E-state index contributed by atoms with van der Waals surface area (Å²) >= 11 is 1.76. The average Bonchev–Trinajstić information content (AvgIpc) is 2.95. The predicted octanol–water partition coefficient (Wildman–Crippen LogP) is 4.85. The van der Waals surface area contributed by atoms with Gasteiger partial charge in [0, 0.05) is 11.8 Å². The molecule has 108 valence electrons. The van der Waals surface area contributed by atoms with Crippen molar-refractivity contribution in [1.29, 1.82) is 0 Å². The number of fused-ring (bicyclic) bond motifs is 1. The molecule has 2 nitrogen and oxygen atoms in total. The minimum Gasteiger partial charge on any atom is -0.497 e. The topological polar surface area (TPSA) is 22.1 Å². The monoisotopic (exact) mass is 297 g/mol. The van der Waals surface area contributed by atoms with Crippen LogP contribution in [-0.4, -0.2) is 12.1 Å². The van der Waals surface area contributed by atoms with E-state index >= 15 is 0 Å². The maximum Gasteiger partial charge on any atom is 0.119 e. The molecule has 2 aromatic carbocycles. The van der Waals surface area contributed by atoms with Gasteiger partial charge in [0.15, 0.2) is 0 Å². The fourth-order valence-corrected chi connectivity index (χ4v) is 3.41. The van der Waals surface area contributed by atoms with E-state index in [0.717, 1.165) is 25.0 Å². The third-order valence-electron chi connectivity index (χ3n) is 3.63. The molecule has 0 radical (unpaired) electrons. The van der Waals surface area contributed by atoms with E-state index in [2.05, 4.69) is 42.6 Å². The molecule has 1 aromatic heterocycles. The van der Waals surface area contributed by atoms with Gasteiger partial charge in [-0.25, -0.2) is 4.98 Å². The number of hydrogen-bond donors (Lipinski definition) is 0. The Hall–Kier alpha value is -1.87. The van der Waals surface area contributed by atoms with E-state index in [1.165, 1.54) is 27.0 Å². The van der Waals surface area contributed by atoms with Crippen molar-refractivity contribution >= 4 is 22.1 Å². The summed E-state index contributed by atoms with van der Waals surface area (Å²) < 4.78 is 5.35. The zero-order chi connectivity index (χ0) is 14.7. The Bertz CT molecular complexity index is 748. The lowest BCUT2D eigenvalue weighted by molar-refractivity contribution is 0.415. The lowest BCUT2D eigenvalue weighted by Crippen LogP contribution is -1.91. The first-order valence-electron chi connectivity index (χ1n) is 7.29. The molecule has 0 saturated heterocycles. The van der Waals surface area contributed by atoms with E-state index in [0.29, 0.717) is 0 Å². The van der Waals surface area contributed by atoms with Crippen molar-refractivity contribution in [2.75, 3.05) is 7.11 Å². The maximum atomic E-state index is 5.35. The number of rotatable bonds is 5. The Labute approximate surface area is 129 Å². The lowest BCUT2D eigenvalue weighted by Gasteiger charge is -2.07. The molecule has 0 fully saturated rings. The van der Waals surface area contributed by atoms with Crippen LogP contribution < -0.4 is 4.74 Å². The van der Waals surface area contributed by atoms with Crippen LogP contribution in [0.2, 0.25) is 0 Å². The van der Waals surface area contributed by atoms with Crippen LogP contribution in [0.3, 0.4) is 0 Å². The van der Waals surface area contributed by atoms with Gasteiger partial charge in [0.25, 0.3) is 0 Å². The van der Waals surface area contributed by atoms with Crippen molar-refractivity contribution in [3.63, 3.8) is 0 Å². The molecule has 0 bridgehead atoms. The van der Waals surface area contributed by atoms with Gasteiger partial charge in [0.05, 0.1) is 17.8 Å². The molecule has 0 N–H and O–H groups in total. The summed E-state index contributed by atoms with van der Waals surface area (Å²) in [5.74, 6) is 0.903. The number of hydrogen-bond acceptors (Lipinski definition) is 3. The molecule has 0 saturated carbocycles. The molecule has 0 amide bonds. The van der Waals surface area contributed by atoms with Gasteiger partial charge >= 0.3 is 0 Å². The second-order valence-corrected chi connectivity index (χ2v) is 6.11. The first-order valence-corrected chi connectivity index (χ1v) is 8.17. The van der Waals surface area contributed by atoms with E-state index in [-0.39, 0.29) is 0 Å². The van der Waals surface area contributed by atoms with Crippen molar-refractivity contribution in [1.82, 2.24) is 4.98 Å². The molecule has 0 unspecified atom stereocenters. The SMILES string of the molecule is CCCc1csc(Cc2cccc3ccc(OC)cc23)n1. The van der Waals surface area contributed by atoms with Gasteiger partial charge in [0.1, 0.15) is 5.75 Å². The summed E-state index contributed by atoms with van der Waals surface area (Å²) in [7, 11) is 1.71. The quantitative estimate of drug-likeness (QED) is 0.671. The molecule has 3 aromatic rings. The lowest BCUT2D eigenvalue weighted by atomic mass is 10.0. The number of ether oxygens (including phenoxy) is 1. The summed E-state index contributed by atoms with van der Waals surface area (Å²) in [5, 5.41) is 5.88. The summed E-state index contributed by atoms with van der Waals surface area (Å²) in [6.07, 6.45) is 3.10. The van der Waals surface area contributed by atoms with Crippen LogP contribution >= 0.6 is 11.3 Å². The second-order valence-electron chi connectivity index (χ2n) is 5.16. The summed E-state index contributed by atoms with van der Waals surface area (Å²) in [6.45, 7) is 2.19. The third-order valence-corrected chi connectivity index (χ3v) is 4.52. The van der Waals surface area contributed by atoms with E-state index in [1.54, 1.807) is 18.4 Å². The number of nitrogens with zero attached hydrogens (tertiary/aromatic N) is 1. The number of thiazole rings is 1. The van der Waals surface area contributed by atoms with E-state index in [9.17, 15) is 0 Å². The van der Waals surface area contributed by atoms with Crippen molar-refractivity contribution in [3.8, 4) is 5.75 Å². The van der Waals surface area contributed by atoms with Crippen LogP contribution in [0.4, 0.5) is 0 Å². The van der Waals surface area contributed by atoms with Crippen molar-refractivity contribution in [2.24, 2.45) is 0 Å². The molecular formula is C18H19NOS. The highest BCUT2D eigenvalue weighted by Gasteiger charge is 2.07. The first-order chi connectivity index (χ1) is 10.3. The normalized spacial score (nSPS) is 11.0. The Balaban J connectivity index is 1.95. The number of methoxy groups -OCH3 is 1. The summed E-state index contributed by atoms with van der Waals surface area (Å²) in [6, 6.07) is 12.7. The van der Waals surface area contributed by atoms with Crippen LogP contribution in [0.15, 0.2) is 41.8 Å². The van der Waals surface area contributed by atoms with Gasteiger partial charge in [-0.1, -0.05) is 37.6 Å². The highest BCUT2D eigenvalue weighted by atomic mass is 32.1. The predicted molar refractivity (Wildman–Crippen MR) is 89.4 cm³/mol. The zero-order valence-corrected chi connectivity index (χ0v) is 13.2. The minimum atomic E-state index is 0.888. The van der Waals surface area contributed by atoms with E-state index in [4.69, 9.17) is 9.72 Å². The van der Waals surface area contributed by atoms with Gasteiger partial charge < -0.3 is 4.74 Å². The molecular weight excluding hydrogens is 278 g/mol. The molecule has 21 heavy (non-hydrogen) atoms. The molecule has 0 aliphatic carbocycles. The molecule has 3 heteroatoms. The molecule has 0 atom stereocenters. The minimum absolute atomic E-state index is 0.888. The second kappa shape index (κ2) is 6.27. The van der Waals surface area contributed by atoms with Crippen molar-refractivity contribution in [3.05, 3.63) is 58.0 Å². The zero-order valence-electron chi connectivity index (χ0n) is 12.4. The van der Waals surface area contributed by atoms with Crippen molar-refractivity contribution in [2.45, 2.75) is 26.2 Å². The largest absolute Gasteiger partial charge is 0.497 e. The van der Waals surface area contributed by atoms with Gasteiger partial charge in [-0.2, -0.15) is 0 Å². The fraction of sp³-hybridized carbons (Fsp3) is 0.278. The number of benzene rings is 2. The van der Waals surface area contributed by atoms with Crippen LogP contribution in [0.5, 0.6) is 5.75 Å². The maximum absolute atomic E-state index is 5.35. The molecule has 3 rings (SSSR count). The van der Waals surface area contributed by atoms with E-state index < -0.39 is 0 Å². The number of aryl methyl sites for hydroxylation is 1. The van der Waals surface area contributed by atoms with Crippen LogP contribution in [0, 0.1) is 0 Å². The Morgan fingerprint density at radius 3 is 2.90 bits per heavy atom. The van der Waals surface area contributed by atoms with Gasteiger partial charge in [-0.3, -0.25) is 0 Å². The van der Waals surface area contributed by atoms with E-state index in [1.807, 2.05) is 6.07 Å². The Morgan fingerprint density at radius 2 is 2.10 bits per heavy atom. The van der Waals surface area contributed by atoms with Crippen LogP contribution in [-0.2, 0) is 12.8 Å². The van der Waals surface area contributed by atoms with Crippen LogP contribution in [0.1, 0.15) is 29.6 Å². The molecule has 1 heterocycles. The van der Waals surface area contributed by atoms with Crippen LogP contribution in [0.25, 0.3) is 10.8 Å².